The van der Waals surface area contributed by atoms with Crippen molar-refractivity contribution < 1.29 is 19.7 Å². The maximum atomic E-state index is 12.4. The van der Waals surface area contributed by atoms with Gasteiger partial charge in [0.25, 0.3) is 0 Å². The van der Waals surface area contributed by atoms with Gasteiger partial charge < -0.3 is 24.6 Å². The Balaban J connectivity index is 2.24. The third-order valence-corrected chi connectivity index (χ3v) is 5.19. The van der Waals surface area contributed by atoms with Crippen LogP contribution in [0.3, 0.4) is 0 Å². The van der Waals surface area contributed by atoms with Crippen molar-refractivity contribution in [1.82, 2.24) is 4.90 Å². The third kappa shape index (κ3) is 2.99. The van der Waals surface area contributed by atoms with Crippen LogP contribution in [0.2, 0.25) is 0 Å². The van der Waals surface area contributed by atoms with E-state index < -0.39 is 6.10 Å². The molecule has 24 heavy (non-hydrogen) atoms. The van der Waals surface area contributed by atoms with Gasteiger partial charge in [-0.15, -0.1) is 0 Å². The van der Waals surface area contributed by atoms with Gasteiger partial charge in [0.05, 0.1) is 6.10 Å². The molecule has 3 rings (SSSR count). The molecule has 3 N–H and O–H groups in total. The SMILES string of the molecule is CCSc1cc(=O)c2c(O)cc(O)c([C@@H]3CCN(C)C[C@@H]3O)c2o1. The Bertz CT molecular complexity index is 819. The van der Waals surface area contributed by atoms with E-state index in [2.05, 4.69) is 0 Å². The Morgan fingerprint density at radius 2 is 2.08 bits per heavy atom. The summed E-state index contributed by atoms with van der Waals surface area (Å²) in [6.45, 7) is 3.17. The number of aromatic hydroxyl groups is 2. The van der Waals surface area contributed by atoms with Gasteiger partial charge in [-0.2, -0.15) is 0 Å². The number of β-amino-alcohol motifs (C(OH)–C–C–N with tert-alkyl or cyclic N) is 1. The molecule has 1 aromatic heterocycles. The number of fused-ring (bicyclic) bond motifs is 1. The predicted octanol–water partition coefficient (Wildman–Crippen LogP) is 2.10. The fraction of sp³-hybridized carbons (Fsp3) is 0.471. The van der Waals surface area contributed by atoms with Crippen LogP contribution in [0.4, 0.5) is 0 Å². The van der Waals surface area contributed by atoms with Gasteiger partial charge in [0.15, 0.2) is 10.5 Å². The molecule has 0 unspecified atom stereocenters. The number of rotatable bonds is 3. The van der Waals surface area contributed by atoms with Gasteiger partial charge >= 0.3 is 0 Å². The zero-order valence-corrected chi connectivity index (χ0v) is 14.5. The highest BCUT2D eigenvalue weighted by atomic mass is 32.2. The number of nitrogens with zero attached hydrogens (tertiary/aromatic N) is 1. The van der Waals surface area contributed by atoms with Crippen molar-refractivity contribution in [3.05, 3.63) is 27.9 Å². The fourth-order valence-electron chi connectivity index (χ4n) is 3.30. The maximum Gasteiger partial charge on any atom is 0.197 e. The zero-order chi connectivity index (χ0) is 17.4. The second kappa shape index (κ2) is 6.66. The molecule has 1 aliphatic rings. The van der Waals surface area contributed by atoms with Crippen molar-refractivity contribution in [3.63, 3.8) is 0 Å². The van der Waals surface area contributed by atoms with Gasteiger partial charge in [-0.25, -0.2) is 0 Å². The van der Waals surface area contributed by atoms with Gasteiger partial charge in [0.1, 0.15) is 22.5 Å². The number of phenols is 2. The number of hydrogen-bond acceptors (Lipinski definition) is 7. The minimum atomic E-state index is -0.685. The normalized spacial score (nSPS) is 22.1. The van der Waals surface area contributed by atoms with Crippen molar-refractivity contribution in [2.45, 2.75) is 30.5 Å². The minimum absolute atomic E-state index is 0.0504. The van der Waals surface area contributed by atoms with Gasteiger partial charge in [-0.1, -0.05) is 18.7 Å². The van der Waals surface area contributed by atoms with Crippen molar-refractivity contribution in [3.8, 4) is 11.5 Å². The first-order valence-corrected chi connectivity index (χ1v) is 8.93. The van der Waals surface area contributed by atoms with Crippen LogP contribution in [-0.4, -0.2) is 52.2 Å². The molecular formula is C17H21NO5S. The lowest BCUT2D eigenvalue weighted by atomic mass is 9.85. The Labute approximate surface area is 143 Å². The minimum Gasteiger partial charge on any atom is -0.507 e. The molecule has 0 saturated carbocycles. The molecule has 1 aliphatic heterocycles. The number of likely N-dealkylation sites (tertiary alicyclic amines) is 1. The fourth-order valence-corrected chi connectivity index (χ4v) is 3.92. The first kappa shape index (κ1) is 17.1. The first-order chi connectivity index (χ1) is 11.4. The average Bonchev–Trinajstić information content (AvgIpc) is 2.48. The van der Waals surface area contributed by atoms with Crippen LogP contribution in [-0.2, 0) is 0 Å². The Morgan fingerprint density at radius 1 is 1.33 bits per heavy atom. The number of aliphatic hydroxyl groups is 1. The molecule has 7 heteroatoms. The number of benzene rings is 1. The Kier molecular flexibility index (Phi) is 4.76. The monoisotopic (exact) mass is 351 g/mol. The van der Waals surface area contributed by atoms with Crippen LogP contribution in [0.1, 0.15) is 24.8 Å². The molecule has 0 radical (unpaired) electrons. The van der Waals surface area contributed by atoms with Crippen LogP contribution in [0.15, 0.2) is 26.4 Å². The largest absolute Gasteiger partial charge is 0.507 e. The first-order valence-electron chi connectivity index (χ1n) is 7.94. The molecular weight excluding hydrogens is 330 g/mol. The van der Waals surface area contributed by atoms with Gasteiger partial charge in [0, 0.05) is 30.2 Å². The van der Waals surface area contributed by atoms with E-state index >= 15 is 0 Å². The van der Waals surface area contributed by atoms with Crippen LogP contribution < -0.4 is 5.43 Å². The van der Waals surface area contributed by atoms with E-state index in [-0.39, 0.29) is 33.8 Å². The molecule has 0 aliphatic carbocycles. The number of hydrogen-bond donors (Lipinski definition) is 3. The Hall–Kier alpha value is -1.70. The summed E-state index contributed by atoms with van der Waals surface area (Å²) in [4.78, 5) is 14.4. The highest BCUT2D eigenvalue weighted by Crippen LogP contribution is 2.42. The summed E-state index contributed by atoms with van der Waals surface area (Å²) in [6.07, 6.45) is -0.0601. The van der Waals surface area contributed by atoms with Crippen LogP contribution in [0.25, 0.3) is 11.0 Å². The maximum absolute atomic E-state index is 12.4. The van der Waals surface area contributed by atoms with Crippen molar-refractivity contribution in [2.24, 2.45) is 0 Å². The lowest BCUT2D eigenvalue weighted by Gasteiger charge is -2.34. The van der Waals surface area contributed by atoms with Gasteiger partial charge in [-0.3, -0.25) is 4.79 Å². The standard InChI is InChI=1S/C17H21NO5S/c1-3-24-14-7-12(21)16-11(20)6-10(19)15(17(16)23-14)9-4-5-18(2)8-13(9)22/h6-7,9,13,19-20,22H,3-5,8H2,1-2H3/t9-,13+/m1/s1. The van der Waals surface area contributed by atoms with Crippen molar-refractivity contribution in [1.29, 1.82) is 0 Å². The molecule has 130 valence electrons. The number of phenolic OH excluding ortho intramolecular Hbond substituents is 2. The molecule has 0 amide bonds. The predicted molar refractivity (Wildman–Crippen MR) is 93.1 cm³/mol. The number of aliphatic hydroxyl groups excluding tert-OH is 1. The number of likely N-dealkylation sites (N-methyl/N-ethyl adjacent to an activating group) is 1. The molecule has 0 spiro atoms. The van der Waals surface area contributed by atoms with E-state index in [9.17, 15) is 20.1 Å². The molecule has 2 aromatic rings. The molecule has 6 nitrogen and oxygen atoms in total. The topological polar surface area (TPSA) is 94.1 Å². The van der Waals surface area contributed by atoms with E-state index in [0.29, 0.717) is 23.6 Å². The van der Waals surface area contributed by atoms with Gasteiger partial charge in [0.2, 0.25) is 0 Å². The highest BCUT2D eigenvalue weighted by Gasteiger charge is 2.32. The summed E-state index contributed by atoms with van der Waals surface area (Å²) in [7, 11) is 1.92. The molecule has 0 bridgehead atoms. The molecule has 1 fully saturated rings. The van der Waals surface area contributed by atoms with E-state index in [1.165, 1.54) is 17.8 Å². The number of piperidine rings is 1. The summed E-state index contributed by atoms with van der Waals surface area (Å²) in [5.74, 6) is -0.0917. The molecule has 2 atom stereocenters. The summed E-state index contributed by atoms with van der Waals surface area (Å²) in [6, 6.07) is 2.51. The van der Waals surface area contributed by atoms with E-state index in [1.54, 1.807) is 0 Å². The van der Waals surface area contributed by atoms with E-state index in [1.807, 2.05) is 18.9 Å². The van der Waals surface area contributed by atoms with Crippen molar-refractivity contribution >= 4 is 22.7 Å². The van der Waals surface area contributed by atoms with E-state index in [4.69, 9.17) is 4.42 Å². The summed E-state index contributed by atoms with van der Waals surface area (Å²) in [5.41, 5.74) is 0.219. The highest BCUT2D eigenvalue weighted by molar-refractivity contribution is 7.99. The smallest absolute Gasteiger partial charge is 0.197 e. The average molecular weight is 351 g/mol. The summed E-state index contributed by atoms with van der Waals surface area (Å²) < 4.78 is 5.82. The molecule has 1 saturated heterocycles. The Morgan fingerprint density at radius 3 is 2.75 bits per heavy atom. The molecule has 1 aromatic carbocycles. The second-order valence-electron chi connectivity index (χ2n) is 6.12. The third-order valence-electron chi connectivity index (χ3n) is 4.42. The second-order valence-corrected chi connectivity index (χ2v) is 7.39. The van der Waals surface area contributed by atoms with Crippen molar-refractivity contribution in [2.75, 3.05) is 25.9 Å². The van der Waals surface area contributed by atoms with Crippen LogP contribution in [0, 0.1) is 0 Å². The lowest BCUT2D eigenvalue weighted by Crippen LogP contribution is -2.40. The summed E-state index contributed by atoms with van der Waals surface area (Å²) in [5, 5.41) is 31.4. The lowest BCUT2D eigenvalue weighted by molar-refractivity contribution is 0.0630. The van der Waals surface area contributed by atoms with Gasteiger partial charge in [-0.05, 0) is 25.8 Å². The summed E-state index contributed by atoms with van der Waals surface area (Å²) >= 11 is 1.37. The zero-order valence-electron chi connectivity index (χ0n) is 13.7. The number of thioether (sulfide) groups is 1. The molecule has 2 heterocycles. The quantitative estimate of drug-likeness (QED) is 0.729. The van der Waals surface area contributed by atoms with E-state index in [0.717, 1.165) is 18.4 Å². The van der Waals surface area contributed by atoms with Crippen LogP contribution >= 0.6 is 11.8 Å². The van der Waals surface area contributed by atoms with Crippen LogP contribution in [0.5, 0.6) is 11.5 Å².